The number of thiophene rings is 1. The van der Waals surface area contributed by atoms with E-state index in [-0.39, 0.29) is 5.91 Å². The first-order valence-corrected chi connectivity index (χ1v) is 8.03. The number of hydrogen-bond donors (Lipinski definition) is 1. The first-order chi connectivity index (χ1) is 10.0. The molecule has 0 aliphatic heterocycles. The Bertz CT molecular complexity index is 637. The second-order valence-electron chi connectivity index (χ2n) is 4.97. The maximum absolute atomic E-state index is 12.0. The summed E-state index contributed by atoms with van der Waals surface area (Å²) in [4.78, 5) is 16.2. The summed E-state index contributed by atoms with van der Waals surface area (Å²) in [6, 6.07) is 9.75. The standard InChI is InChI=1S/C16H19ClN2OS/c1-4-12-6-7-13(21-12)10-18-11-5-8-15(17)14(9-11)16(20)19(2)3/h5-9,18H,4,10H2,1-3H3. The third-order valence-electron chi connectivity index (χ3n) is 3.14. The second-order valence-corrected chi connectivity index (χ2v) is 6.63. The normalized spacial score (nSPS) is 10.5. The molecule has 2 rings (SSSR count). The summed E-state index contributed by atoms with van der Waals surface area (Å²) < 4.78 is 0. The molecule has 0 unspecified atom stereocenters. The highest BCUT2D eigenvalue weighted by molar-refractivity contribution is 7.12. The van der Waals surface area contributed by atoms with Crippen molar-refractivity contribution in [2.45, 2.75) is 19.9 Å². The van der Waals surface area contributed by atoms with Crippen LogP contribution in [0.3, 0.4) is 0 Å². The van der Waals surface area contributed by atoms with Crippen molar-refractivity contribution in [3.8, 4) is 0 Å². The van der Waals surface area contributed by atoms with Crippen LogP contribution in [-0.2, 0) is 13.0 Å². The predicted molar refractivity (Wildman–Crippen MR) is 90.5 cm³/mol. The van der Waals surface area contributed by atoms with Gasteiger partial charge in [-0.05, 0) is 36.8 Å². The largest absolute Gasteiger partial charge is 0.380 e. The number of halogens is 1. The quantitative estimate of drug-likeness (QED) is 0.891. The summed E-state index contributed by atoms with van der Waals surface area (Å²) >= 11 is 7.91. The molecule has 0 radical (unpaired) electrons. The van der Waals surface area contributed by atoms with E-state index in [0.29, 0.717) is 10.6 Å². The zero-order chi connectivity index (χ0) is 15.4. The Morgan fingerprint density at radius 2 is 1.95 bits per heavy atom. The molecule has 0 saturated heterocycles. The lowest BCUT2D eigenvalue weighted by Crippen LogP contribution is -2.22. The van der Waals surface area contributed by atoms with Crippen molar-refractivity contribution in [2.75, 3.05) is 19.4 Å². The Hall–Kier alpha value is -1.52. The number of nitrogens with zero attached hydrogens (tertiary/aromatic N) is 1. The fourth-order valence-corrected chi connectivity index (χ4v) is 3.03. The van der Waals surface area contributed by atoms with Crippen LogP contribution in [0, 0.1) is 0 Å². The van der Waals surface area contributed by atoms with E-state index in [1.165, 1.54) is 14.7 Å². The Kier molecular flexibility index (Phi) is 5.26. The van der Waals surface area contributed by atoms with Gasteiger partial charge in [0.15, 0.2) is 0 Å². The summed E-state index contributed by atoms with van der Waals surface area (Å²) in [5.41, 5.74) is 1.42. The van der Waals surface area contributed by atoms with E-state index in [1.54, 1.807) is 37.6 Å². The zero-order valence-electron chi connectivity index (χ0n) is 12.4. The summed E-state index contributed by atoms with van der Waals surface area (Å²) in [5, 5.41) is 3.82. The lowest BCUT2D eigenvalue weighted by atomic mass is 10.1. The van der Waals surface area contributed by atoms with E-state index in [1.807, 2.05) is 6.07 Å². The van der Waals surface area contributed by atoms with Gasteiger partial charge in [0.2, 0.25) is 0 Å². The van der Waals surface area contributed by atoms with Gasteiger partial charge in [-0.3, -0.25) is 4.79 Å². The van der Waals surface area contributed by atoms with Crippen molar-refractivity contribution in [1.29, 1.82) is 0 Å². The number of benzene rings is 1. The van der Waals surface area contributed by atoms with Crippen LogP contribution in [0.25, 0.3) is 0 Å². The van der Waals surface area contributed by atoms with Gasteiger partial charge < -0.3 is 10.2 Å². The number of hydrogen-bond acceptors (Lipinski definition) is 3. The molecule has 0 atom stereocenters. The lowest BCUT2D eigenvalue weighted by molar-refractivity contribution is 0.0828. The molecule has 0 saturated carbocycles. The monoisotopic (exact) mass is 322 g/mol. The van der Waals surface area contributed by atoms with Crippen LogP contribution in [0.15, 0.2) is 30.3 Å². The molecule has 1 aromatic heterocycles. The molecule has 0 bridgehead atoms. The molecule has 0 spiro atoms. The first-order valence-electron chi connectivity index (χ1n) is 6.84. The third kappa shape index (κ3) is 3.99. The first kappa shape index (κ1) is 15.9. The van der Waals surface area contributed by atoms with Crippen LogP contribution in [0.2, 0.25) is 5.02 Å². The van der Waals surface area contributed by atoms with Gasteiger partial charge in [-0.1, -0.05) is 18.5 Å². The number of amides is 1. The highest BCUT2D eigenvalue weighted by Crippen LogP contribution is 2.23. The van der Waals surface area contributed by atoms with Crippen molar-refractivity contribution < 1.29 is 4.79 Å². The second kappa shape index (κ2) is 6.96. The van der Waals surface area contributed by atoms with Crippen LogP contribution in [0.5, 0.6) is 0 Å². The Morgan fingerprint density at radius 3 is 2.57 bits per heavy atom. The lowest BCUT2D eigenvalue weighted by Gasteiger charge is -2.13. The van der Waals surface area contributed by atoms with Crippen molar-refractivity contribution in [1.82, 2.24) is 4.90 Å². The molecule has 112 valence electrons. The van der Waals surface area contributed by atoms with E-state index in [0.717, 1.165) is 18.7 Å². The van der Waals surface area contributed by atoms with Crippen molar-refractivity contribution >= 4 is 34.5 Å². The van der Waals surface area contributed by atoms with Crippen LogP contribution in [-0.4, -0.2) is 24.9 Å². The molecule has 0 fully saturated rings. The van der Waals surface area contributed by atoms with Crippen LogP contribution in [0.1, 0.15) is 27.0 Å². The van der Waals surface area contributed by atoms with Crippen molar-refractivity contribution in [2.24, 2.45) is 0 Å². The van der Waals surface area contributed by atoms with E-state index in [4.69, 9.17) is 11.6 Å². The maximum atomic E-state index is 12.0. The number of nitrogens with one attached hydrogen (secondary N) is 1. The van der Waals surface area contributed by atoms with E-state index in [9.17, 15) is 4.79 Å². The average molecular weight is 323 g/mol. The third-order valence-corrected chi connectivity index (χ3v) is 4.69. The fraction of sp³-hybridized carbons (Fsp3) is 0.312. The van der Waals surface area contributed by atoms with Gasteiger partial charge in [0.1, 0.15) is 0 Å². The number of carbonyl (C=O) groups is 1. The van der Waals surface area contributed by atoms with E-state index < -0.39 is 0 Å². The van der Waals surface area contributed by atoms with Crippen molar-refractivity contribution in [3.63, 3.8) is 0 Å². The molecular weight excluding hydrogens is 304 g/mol. The van der Waals surface area contributed by atoms with E-state index >= 15 is 0 Å². The van der Waals surface area contributed by atoms with Gasteiger partial charge in [-0.15, -0.1) is 11.3 Å². The molecular formula is C16H19ClN2OS. The molecule has 21 heavy (non-hydrogen) atoms. The Balaban J connectivity index is 2.10. The summed E-state index contributed by atoms with van der Waals surface area (Å²) in [5.74, 6) is -0.0898. The molecule has 1 amide bonds. The molecule has 1 heterocycles. The fourth-order valence-electron chi connectivity index (χ4n) is 1.94. The van der Waals surface area contributed by atoms with Crippen molar-refractivity contribution in [3.05, 3.63) is 50.7 Å². The minimum absolute atomic E-state index is 0.0898. The molecule has 2 aromatic rings. The van der Waals surface area contributed by atoms with Crippen LogP contribution in [0.4, 0.5) is 5.69 Å². The van der Waals surface area contributed by atoms with Gasteiger partial charge in [0, 0.05) is 36.1 Å². The summed E-state index contributed by atoms with van der Waals surface area (Å²) in [6.45, 7) is 2.91. The highest BCUT2D eigenvalue weighted by Gasteiger charge is 2.13. The SMILES string of the molecule is CCc1ccc(CNc2ccc(Cl)c(C(=O)N(C)C)c2)s1. The van der Waals surface area contributed by atoms with Gasteiger partial charge in [0.05, 0.1) is 10.6 Å². The summed E-state index contributed by atoms with van der Waals surface area (Å²) in [7, 11) is 3.44. The highest BCUT2D eigenvalue weighted by atomic mass is 35.5. The number of anilines is 1. The molecule has 1 N–H and O–H groups in total. The number of rotatable bonds is 5. The Morgan fingerprint density at radius 1 is 1.24 bits per heavy atom. The topological polar surface area (TPSA) is 32.3 Å². The van der Waals surface area contributed by atoms with Gasteiger partial charge in [-0.2, -0.15) is 0 Å². The van der Waals surface area contributed by atoms with E-state index in [2.05, 4.69) is 24.4 Å². The smallest absolute Gasteiger partial charge is 0.254 e. The molecule has 0 aliphatic carbocycles. The zero-order valence-corrected chi connectivity index (χ0v) is 14.0. The predicted octanol–water partition coefficient (Wildman–Crippen LogP) is 4.28. The minimum atomic E-state index is -0.0898. The van der Waals surface area contributed by atoms with Gasteiger partial charge >= 0.3 is 0 Å². The molecule has 0 aliphatic rings. The maximum Gasteiger partial charge on any atom is 0.254 e. The molecule has 1 aromatic carbocycles. The molecule has 3 nitrogen and oxygen atoms in total. The number of aryl methyl sites for hydroxylation is 1. The average Bonchev–Trinajstić information content (AvgIpc) is 2.93. The summed E-state index contributed by atoms with van der Waals surface area (Å²) in [6.07, 6.45) is 1.06. The Labute approximate surface area is 134 Å². The van der Waals surface area contributed by atoms with Gasteiger partial charge in [-0.25, -0.2) is 0 Å². The minimum Gasteiger partial charge on any atom is -0.380 e. The molecule has 5 heteroatoms. The van der Waals surface area contributed by atoms with Crippen LogP contribution < -0.4 is 5.32 Å². The van der Waals surface area contributed by atoms with Crippen LogP contribution >= 0.6 is 22.9 Å². The number of carbonyl (C=O) groups excluding carboxylic acids is 1. The van der Waals surface area contributed by atoms with Gasteiger partial charge in [0.25, 0.3) is 5.91 Å².